The first-order valence-electron chi connectivity index (χ1n) is 4.81. The average Bonchev–Trinajstić information content (AvgIpc) is 2.30. The second-order valence-corrected chi connectivity index (χ2v) is 4.86. The number of methoxy groups -OCH3 is 1. The average molecular weight is 401 g/mol. The molecule has 0 aromatic heterocycles. The van der Waals surface area contributed by atoms with Gasteiger partial charge < -0.3 is 14.2 Å². The van der Waals surface area contributed by atoms with Crippen molar-refractivity contribution in [2.24, 2.45) is 0 Å². The molecule has 0 radical (unpaired) electrons. The SMILES string of the molecule is COCCOCOc1ccc(I)cc1CBr. The van der Waals surface area contributed by atoms with Crippen LogP contribution in [0.4, 0.5) is 0 Å². The predicted molar refractivity (Wildman–Crippen MR) is 75.1 cm³/mol. The second kappa shape index (κ2) is 8.27. The fraction of sp³-hybridized carbons (Fsp3) is 0.455. The summed E-state index contributed by atoms with van der Waals surface area (Å²) in [7, 11) is 1.65. The third kappa shape index (κ3) is 4.99. The van der Waals surface area contributed by atoms with E-state index in [1.807, 2.05) is 12.1 Å². The molecule has 3 nitrogen and oxygen atoms in total. The summed E-state index contributed by atoms with van der Waals surface area (Å²) in [6, 6.07) is 6.05. The van der Waals surface area contributed by atoms with Crippen LogP contribution in [-0.2, 0) is 14.8 Å². The standard InChI is InChI=1S/C11H14BrIO3/c1-14-4-5-15-8-16-11-3-2-10(13)6-9(11)7-12/h2-3,6H,4-5,7-8H2,1H3. The van der Waals surface area contributed by atoms with E-state index in [4.69, 9.17) is 14.2 Å². The normalized spacial score (nSPS) is 10.4. The van der Waals surface area contributed by atoms with E-state index < -0.39 is 0 Å². The fourth-order valence-corrected chi connectivity index (χ4v) is 2.09. The molecule has 1 aromatic carbocycles. The highest BCUT2D eigenvalue weighted by molar-refractivity contribution is 14.1. The molecule has 0 spiro atoms. The summed E-state index contributed by atoms with van der Waals surface area (Å²) in [4.78, 5) is 0. The summed E-state index contributed by atoms with van der Waals surface area (Å²) in [5.41, 5.74) is 1.13. The van der Waals surface area contributed by atoms with Crippen molar-refractivity contribution in [2.45, 2.75) is 5.33 Å². The van der Waals surface area contributed by atoms with Crippen molar-refractivity contribution >= 4 is 38.5 Å². The van der Waals surface area contributed by atoms with Gasteiger partial charge in [-0.15, -0.1) is 0 Å². The van der Waals surface area contributed by atoms with Gasteiger partial charge in [0.1, 0.15) is 5.75 Å². The van der Waals surface area contributed by atoms with E-state index in [1.54, 1.807) is 7.11 Å². The lowest BCUT2D eigenvalue weighted by Crippen LogP contribution is -2.08. The largest absolute Gasteiger partial charge is 0.467 e. The minimum absolute atomic E-state index is 0.254. The molecule has 0 heterocycles. The first-order valence-corrected chi connectivity index (χ1v) is 7.02. The van der Waals surface area contributed by atoms with Crippen molar-refractivity contribution in [2.75, 3.05) is 27.1 Å². The molecular formula is C11H14BrIO3. The first kappa shape index (κ1) is 14.2. The van der Waals surface area contributed by atoms with Crippen molar-refractivity contribution in [3.05, 3.63) is 27.3 Å². The molecule has 0 amide bonds. The van der Waals surface area contributed by atoms with Gasteiger partial charge in [0.25, 0.3) is 0 Å². The van der Waals surface area contributed by atoms with Crippen molar-refractivity contribution in [3.63, 3.8) is 0 Å². The molecule has 1 rings (SSSR count). The van der Waals surface area contributed by atoms with Crippen molar-refractivity contribution in [1.29, 1.82) is 0 Å². The number of hydrogen-bond donors (Lipinski definition) is 0. The molecule has 90 valence electrons. The van der Waals surface area contributed by atoms with Crippen molar-refractivity contribution < 1.29 is 14.2 Å². The van der Waals surface area contributed by atoms with E-state index in [1.165, 1.54) is 3.57 Å². The number of hydrogen-bond acceptors (Lipinski definition) is 3. The minimum atomic E-state index is 0.254. The number of rotatable bonds is 7. The van der Waals surface area contributed by atoms with Crippen LogP contribution in [0.2, 0.25) is 0 Å². The van der Waals surface area contributed by atoms with Gasteiger partial charge in [-0.25, -0.2) is 0 Å². The molecule has 0 fully saturated rings. The van der Waals surface area contributed by atoms with Crippen LogP contribution in [-0.4, -0.2) is 27.1 Å². The highest BCUT2D eigenvalue weighted by atomic mass is 127. The summed E-state index contributed by atoms with van der Waals surface area (Å²) >= 11 is 5.71. The lowest BCUT2D eigenvalue weighted by Gasteiger charge is -2.10. The number of ether oxygens (including phenoxy) is 3. The molecule has 5 heteroatoms. The quantitative estimate of drug-likeness (QED) is 0.304. The van der Waals surface area contributed by atoms with Crippen LogP contribution in [0.25, 0.3) is 0 Å². The molecule has 0 bridgehead atoms. The van der Waals surface area contributed by atoms with E-state index in [-0.39, 0.29) is 6.79 Å². The highest BCUT2D eigenvalue weighted by Crippen LogP contribution is 2.23. The number of benzene rings is 1. The molecule has 16 heavy (non-hydrogen) atoms. The van der Waals surface area contributed by atoms with Crippen molar-refractivity contribution in [1.82, 2.24) is 0 Å². The van der Waals surface area contributed by atoms with Gasteiger partial charge in [0.05, 0.1) is 13.2 Å². The Morgan fingerprint density at radius 3 is 2.81 bits per heavy atom. The molecule has 0 aliphatic heterocycles. The van der Waals surface area contributed by atoms with Crippen LogP contribution < -0.4 is 4.74 Å². The lowest BCUT2D eigenvalue weighted by molar-refractivity contribution is -0.00878. The molecule has 0 saturated heterocycles. The summed E-state index contributed by atoms with van der Waals surface area (Å²) in [6.07, 6.45) is 0. The van der Waals surface area contributed by atoms with Crippen LogP contribution in [0.15, 0.2) is 18.2 Å². The molecule has 0 aliphatic carbocycles. The van der Waals surface area contributed by atoms with Crippen LogP contribution in [0.1, 0.15) is 5.56 Å². The maximum atomic E-state index is 5.52. The molecule has 0 atom stereocenters. The van der Waals surface area contributed by atoms with Gasteiger partial charge >= 0.3 is 0 Å². The number of alkyl halides is 1. The topological polar surface area (TPSA) is 27.7 Å². The summed E-state index contributed by atoms with van der Waals surface area (Å²) in [5, 5.41) is 0.775. The maximum Gasteiger partial charge on any atom is 0.189 e. The van der Waals surface area contributed by atoms with E-state index >= 15 is 0 Å². The Labute approximate surface area is 118 Å². The zero-order valence-electron chi connectivity index (χ0n) is 9.04. The summed E-state index contributed by atoms with van der Waals surface area (Å²) in [5.74, 6) is 0.856. The Bertz CT molecular complexity index is 320. The minimum Gasteiger partial charge on any atom is -0.467 e. The second-order valence-electron chi connectivity index (χ2n) is 3.05. The predicted octanol–water partition coefficient (Wildman–Crippen LogP) is 3.19. The lowest BCUT2D eigenvalue weighted by atomic mass is 10.2. The summed E-state index contributed by atoms with van der Waals surface area (Å²) < 4.78 is 16.8. The van der Waals surface area contributed by atoms with Gasteiger partial charge in [0.15, 0.2) is 6.79 Å². The Balaban J connectivity index is 2.41. The Hall–Kier alpha value is 0.150. The smallest absolute Gasteiger partial charge is 0.189 e. The van der Waals surface area contributed by atoms with E-state index in [0.717, 1.165) is 16.6 Å². The van der Waals surface area contributed by atoms with E-state index in [0.29, 0.717) is 13.2 Å². The van der Waals surface area contributed by atoms with Crippen LogP contribution >= 0.6 is 38.5 Å². The molecular weight excluding hydrogens is 387 g/mol. The molecule has 1 aromatic rings. The first-order chi connectivity index (χ1) is 7.77. The molecule has 0 aliphatic rings. The van der Waals surface area contributed by atoms with Gasteiger partial charge in [0.2, 0.25) is 0 Å². The van der Waals surface area contributed by atoms with E-state index in [2.05, 4.69) is 44.6 Å². The molecule has 0 unspecified atom stereocenters. The third-order valence-corrected chi connectivity index (χ3v) is 3.17. The van der Waals surface area contributed by atoms with Crippen LogP contribution in [0.3, 0.4) is 0 Å². The van der Waals surface area contributed by atoms with Crippen LogP contribution in [0, 0.1) is 3.57 Å². The maximum absolute atomic E-state index is 5.52. The zero-order valence-corrected chi connectivity index (χ0v) is 12.8. The van der Waals surface area contributed by atoms with Gasteiger partial charge in [-0.05, 0) is 40.8 Å². The molecule has 0 saturated carbocycles. The van der Waals surface area contributed by atoms with Gasteiger partial charge in [-0.3, -0.25) is 0 Å². The molecule has 0 N–H and O–H groups in total. The van der Waals surface area contributed by atoms with Gasteiger partial charge in [-0.1, -0.05) is 15.9 Å². The van der Waals surface area contributed by atoms with Gasteiger partial charge in [-0.2, -0.15) is 0 Å². The Kier molecular flexibility index (Phi) is 7.35. The summed E-state index contributed by atoms with van der Waals surface area (Å²) in [6.45, 7) is 1.38. The van der Waals surface area contributed by atoms with Crippen LogP contribution in [0.5, 0.6) is 5.75 Å². The fourth-order valence-electron chi connectivity index (χ4n) is 1.10. The monoisotopic (exact) mass is 400 g/mol. The van der Waals surface area contributed by atoms with Crippen molar-refractivity contribution in [3.8, 4) is 5.75 Å². The highest BCUT2D eigenvalue weighted by Gasteiger charge is 2.03. The van der Waals surface area contributed by atoms with E-state index in [9.17, 15) is 0 Å². The zero-order chi connectivity index (χ0) is 11.8. The Morgan fingerprint density at radius 2 is 2.12 bits per heavy atom. The Morgan fingerprint density at radius 1 is 1.31 bits per heavy atom. The third-order valence-electron chi connectivity index (χ3n) is 1.90. The van der Waals surface area contributed by atoms with Gasteiger partial charge in [0, 0.05) is 21.6 Å². The number of halogens is 2.